The van der Waals surface area contributed by atoms with Crippen LogP contribution in [0.5, 0.6) is 0 Å². The van der Waals surface area contributed by atoms with Crippen LogP contribution in [0.4, 0.5) is 13.2 Å². The molecule has 0 saturated heterocycles. The number of alkyl halides is 3. The lowest BCUT2D eigenvalue weighted by atomic mass is 9.94. The molecule has 0 spiro atoms. The van der Waals surface area contributed by atoms with E-state index in [4.69, 9.17) is 0 Å². The monoisotopic (exact) mass is 358 g/mol. The van der Waals surface area contributed by atoms with E-state index < -0.39 is 28.7 Å². The molecule has 0 N–H and O–H groups in total. The summed E-state index contributed by atoms with van der Waals surface area (Å²) in [5, 5.41) is 0. The van der Waals surface area contributed by atoms with E-state index >= 15 is 0 Å². The maximum Gasteiger partial charge on any atom is 0.405 e. The molecule has 0 radical (unpaired) electrons. The van der Waals surface area contributed by atoms with E-state index in [2.05, 4.69) is 4.18 Å². The van der Waals surface area contributed by atoms with Crippen LogP contribution >= 0.6 is 0 Å². The fraction of sp³-hybridized carbons (Fsp3) is 0.294. The third-order valence-electron chi connectivity index (χ3n) is 3.64. The van der Waals surface area contributed by atoms with Gasteiger partial charge in [-0.2, -0.15) is 21.6 Å². The third kappa shape index (κ3) is 4.82. The molecule has 2 aromatic carbocycles. The Morgan fingerprint density at radius 2 is 1.62 bits per heavy atom. The van der Waals surface area contributed by atoms with Crippen LogP contribution in [0.15, 0.2) is 42.5 Å². The zero-order valence-electron chi connectivity index (χ0n) is 13.2. The summed E-state index contributed by atoms with van der Waals surface area (Å²) in [4.78, 5) is 0. The third-order valence-corrected chi connectivity index (χ3v) is 4.80. The highest BCUT2D eigenvalue weighted by atomic mass is 32.2. The van der Waals surface area contributed by atoms with Crippen LogP contribution in [0.1, 0.15) is 16.7 Å². The number of benzene rings is 2. The smallest absolute Gasteiger partial charge is 0.265 e. The lowest BCUT2D eigenvalue weighted by Crippen LogP contribution is -2.24. The number of rotatable bonds is 5. The Hall–Kier alpha value is -1.86. The van der Waals surface area contributed by atoms with Gasteiger partial charge in [-0.15, -0.1) is 0 Å². The predicted molar refractivity (Wildman–Crippen MR) is 86.0 cm³/mol. The second-order valence-electron chi connectivity index (χ2n) is 5.48. The van der Waals surface area contributed by atoms with Crippen molar-refractivity contribution < 1.29 is 25.8 Å². The minimum absolute atomic E-state index is 0.420. The Morgan fingerprint density at radius 1 is 1.00 bits per heavy atom. The number of hydrogen-bond acceptors (Lipinski definition) is 3. The highest BCUT2D eigenvalue weighted by Gasteiger charge is 2.36. The topological polar surface area (TPSA) is 43.4 Å². The van der Waals surface area contributed by atoms with E-state index in [1.807, 2.05) is 36.4 Å². The lowest BCUT2D eigenvalue weighted by molar-refractivity contribution is -0.107. The average Bonchev–Trinajstić information content (AvgIpc) is 2.45. The van der Waals surface area contributed by atoms with Gasteiger partial charge in [0.25, 0.3) is 10.1 Å². The second-order valence-corrected chi connectivity index (χ2v) is 7.12. The van der Waals surface area contributed by atoms with Crippen molar-refractivity contribution in [2.24, 2.45) is 0 Å². The molecule has 0 atom stereocenters. The van der Waals surface area contributed by atoms with Crippen molar-refractivity contribution in [1.29, 1.82) is 0 Å². The molecule has 130 valence electrons. The van der Waals surface area contributed by atoms with Gasteiger partial charge in [-0.25, -0.2) is 0 Å². The van der Waals surface area contributed by atoms with Crippen LogP contribution in [-0.4, -0.2) is 20.3 Å². The molecule has 0 amide bonds. The molecule has 0 unspecified atom stereocenters. The largest absolute Gasteiger partial charge is 0.405 e. The Kier molecular flexibility index (Phi) is 5.35. The Bertz CT molecular complexity index is 813. The van der Waals surface area contributed by atoms with Crippen molar-refractivity contribution in [3.05, 3.63) is 59.2 Å². The predicted octanol–water partition coefficient (Wildman–Crippen LogP) is 4.38. The first kappa shape index (κ1) is 18.5. The first-order chi connectivity index (χ1) is 11.1. The van der Waals surface area contributed by atoms with Crippen molar-refractivity contribution in [3.8, 4) is 11.1 Å². The fourth-order valence-corrected chi connectivity index (χ4v) is 3.22. The summed E-state index contributed by atoms with van der Waals surface area (Å²) in [6, 6.07) is 13.1. The molecule has 0 aliphatic carbocycles. The summed E-state index contributed by atoms with van der Waals surface area (Å²) in [6.45, 7) is 3.14. The average molecular weight is 358 g/mol. The van der Waals surface area contributed by atoms with Gasteiger partial charge >= 0.3 is 6.18 Å². The molecule has 2 aromatic rings. The molecule has 3 nitrogen and oxygen atoms in total. The van der Waals surface area contributed by atoms with E-state index in [0.717, 1.165) is 22.3 Å². The minimum atomic E-state index is -4.82. The molecule has 24 heavy (non-hydrogen) atoms. The van der Waals surface area contributed by atoms with Crippen LogP contribution in [0.3, 0.4) is 0 Å². The molecule has 0 aromatic heterocycles. The van der Waals surface area contributed by atoms with Gasteiger partial charge in [0.1, 0.15) is 0 Å². The standard InChI is InChI=1S/C17H17F3O3S/c1-12-8-9-15(14-6-4-3-5-7-14)13(2)16(12)10-23-24(21,22)11-17(18,19)20/h3-9H,10-11H2,1-2H3. The molecule has 2 rings (SSSR count). The van der Waals surface area contributed by atoms with Gasteiger partial charge < -0.3 is 0 Å². The molecule has 0 saturated carbocycles. The fourth-order valence-electron chi connectivity index (χ4n) is 2.44. The van der Waals surface area contributed by atoms with Crippen LogP contribution in [0, 0.1) is 13.8 Å². The van der Waals surface area contributed by atoms with Gasteiger partial charge in [-0.3, -0.25) is 4.18 Å². The molecule has 0 bridgehead atoms. The first-order valence-corrected chi connectivity index (χ1v) is 8.75. The summed E-state index contributed by atoms with van der Waals surface area (Å²) in [6.07, 6.45) is -4.82. The molecule has 0 fully saturated rings. The number of aryl methyl sites for hydroxylation is 1. The molecule has 0 aliphatic rings. The van der Waals surface area contributed by atoms with E-state index in [1.165, 1.54) is 0 Å². The Balaban J connectivity index is 2.28. The van der Waals surface area contributed by atoms with Crippen molar-refractivity contribution in [3.63, 3.8) is 0 Å². The quantitative estimate of drug-likeness (QED) is 0.745. The SMILES string of the molecule is Cc1ccc(-c2ccccc2)c(C)c1COS(=O)(=O)CC(F)(F)F. The van der Waals surface area contributed by atoms with Crippen LogP contribution in [0.25, 0.3) is 11.1 Å². The zero-order valence-corrected chi connectivity index (χ0v) is 14.0. The molecular weight excluding hydrogens is 341 g/mol. The number of hydrogen-bond donors (Lipinski definition) is 0. The summed E-state index contributed by atoms with van der Waals surface area (Å²) in [5.74, 6) is -1.99. The van der Waals surface area contributed by atoms with Crippen LogP contribution in [-0.2, 0) is 20.9 Å². The second kappa shape index (κ2) is 6.94. The normalized spacial score (nSPS) is 12.4. The lowest BCUT2D eigenvalue weighted by Gasteiger charge is -2.15. The molecule has 0 aliphatic heterocycles. The summed E-state index contributed by atoms with van der Waals surface area (Å²) in [5.41, 5.74) is 3.93. The van der Waals surface area contributed by atoms with Gasteiger partial charge in [-0.05, 0) is 41.7 Å². The zero-order chi connectivity index (χ0) is 18.0. The van der Waals surface area contributed by atoms with Crippen LogP contribution in [0.2, 0.25) is 0 Å². The van der Waals surface area contributed by atoms with E-state index in [-0.39, 0.29) is 0 Å². The summed E-state index contributed by atoms with van der Waals surface area (Å²) >= 11 is 0. The van der Waals surface area contributed by atoms with Gasteiger partial charge in [0.05, 0.1) is 6.61 Å². The van der Waals surface area contributed by atoms with Gasteiger partial charge in [0.15, 0.2) is 5.75 Å². The summed E-state index contributed by atoms with van der Waals surface area (Å²) < 4.78 is 64.3. The minimum Gasteiger partial charge on any atom is -0.265 e. The van der Waals surface area contributed by atoms with Crippen molar-refractivity contribution in [2.75, 3.05) is 5.75 Å². The molecular formula is C17H17F3O3S. The number of halogens is 3. The van der Waals surface area contributed by atoms with Crippen LogP contribution < -0.4 is 0 Å². The Morgan fingerprint density at radius 3 is 2.21 bits per heavy atom. The summed E-state index contributed by atoms with van der Waals surface area (Å²) in [7, 11) is -4.67. The first-order valence-electron chi connectivity index (χ1n) is 7.17. The van der Waals surface area contributed by atoms with E-state index in [1.54, 1.807) is 19.9 Å². The highest BCUT2D eigenvalue weighted by molar-refractivity contribution is 7.86. The Labute approximate surface area is 139 Å². The highest BCUT2D eigenvalue weighted by Crippen LogP contribution is 2.29. The van der Waals surface area contributed by atoms with Gasteiger partial charge in [-0.1, -0.05) is 42.5 Å². The maximum atomic E-state index is 12.3. The van der Waals surface area contributed by atoms with Crippen molar-refractivity contribution in [1.82, 2.24) is 0 Å². The van der Waals surface area contributed by atoms with Crippen molar-refractivity contribution >= 4 is 10.1 Å². The van der Waals surface area contributed by atoms with Gasteiger partial charge in [0.2, 0.25) is 0 Å². The van der Waals surface area contributed by atoms with Gasteiger partial charge in [0, 0.05) is 0 Å². The molecule has 7 heteroatoms. The van der Waals surface area contributed by atoms with E-state index in [0.29, 0.717) is 5.56 Å². The molecule has 0 heterocycles. The van der Waals surface area contributed by atoms with E-state index in [9.17, 15) is 21.6 Å². The maximum absolute atomic E-state index is 12.3. The van der Waals surface area contributed by atoms with Crippen molar-refractivity contribution in [2.45, 2.75) is 26.6 Å².